The van der Waals surface area contributed by atoms with E-state index in [1.54, 1.807) is 12.1 Å². The van der Waals surface area contributed by atoms with E-state index in [4.69, 9.17) is 42.6 Å². The van der Waals surface area contributed by atoms with Crippen molar-refractivity contribution in [3.63, 3.8) is 0 Å². The van der Waals surface area contributed by atoms with Crippen molar-refractivity contribution in [2.24, 2.45) is 0 Å². The first-order valence-electron chi connectivity index (χ1n) is 18.6. The Morgan fingerprint density at radius 1 is 0.552 bits per heavy atom. The quantitative estimate of drug-likeness (QED) is 0.0829. The van der Waals surface area contributed by atoms with Gasteiger partial charge in [0.1, 0.15) is 96.8 Å². The Morgan fingerprint density at radius 2 is 1.02 bits per heavy atom. The van der Waals surface area contributed by atoms with Gasteiger partial charge in [-0.15, -0.1) is 0 Å². The Labute approximate surface area is 331 Å². The molecule has 1 aromatic rings. The number of carbonyl (C=O) groups excluding carboxylic acids is 2. The van der Waals surface area contributed by atoms with Gasteiger partial charge in [-0.3, -0.25) is 9.59 Å². The van der Waals surface area contributed by atoms with Crippen molar-refractivity contribution < 1.29 is 103 Å². The number of hydrogen-bond donors (Lipinski definition) is 12. The minimum atomic E-state index is -1.94. The molecule has 1 aromatic carbocycles. The lowest BCUT2D eigenvalue weighted by Gasteiger charge is -2.50. The van der Waals surface area contributed by atoms with Gasteiger partial charge in [-0.2, -0.15) is 0 Å². The maximum atomic E-state index is 12.7. The number of methoxy groups -OCH3 is 1. The average molecular weight is 839 g/mol. The molecule has 4 fully saturated rings. The number of hydrogen-bond acceptors (Lipinski definition) is 21. The molecule has 0 aromatic heterocycles. The number of rotatable bonds is 14. The van der Waals surface area contributed by atoms with E-state index < -0.39 is 154 Å². The molecule has 0 bridgehead atoms. The Kier molecular flexibility index (Phi) is 16.0. The predicted octanol–water partition coefficient (Wildman–Crippen LogP) is -6.34. The molecule has 0 radical (unpaired) electrons. The van der Waals surface area contributed by atoms with Gasteiger partial charge >= 0.3 is 0 Å². The first-order chi connectivity index (χ1) is 27.5. The first-order valence-corrected chi connectivity index (χ1v) is 18.6. The second-order valence-electron chi connectivity index (χ2n) is 14.4. The molecule has 23 nitrogen and oxygen atoms in total. The third-order valence-corrected chi connectivity index (χ3v) is 10.3. The number of aliphatic hydroxyl groups excluding tert-OH is 10. The van der Waals surface area contributed by atoms with Crippen LogP contribution in [0.4, 0.5) is 0 Å². The van der Waals surface area contributed by atoms with Crippen molar-refractivity contribution in [1.82, 2.24) is 10.6 Å². The summed E-state index contributed by atoms with van der Waals surface area (Å²) in [5.74, 6) is -0.748. The summed E-state index contributed by atoms with van der Waals surface area (Å²) in [5.41, 5.74) is 0. The van der Waals surface area contributed by atoms with Crippen LogP contribution < -0.4 is 20.1 Å². The van der Waals surface area contributed by atoms with Crippen molar-refractivity contribution >= 4 is 11.8 Å². The molecule has 4 aliphatic heterocycles. The maximum Gasteiger partial charge on any atom is 0.229 e. The van der Waals surface area contributed by atoms with Crippen molar-refractivity contribution in [1.29, 1.82) is 0 Å². The molecule has 4 heterocycles. The summed E-state index contributed by atoms with van der Waals surface area (Å²) in [7, 11) is 1.45. The SMILES string of the molecule is COc1ccc(O[C@@H]2O[C@@H](C)[C@H](O)[C@@H](O[C@@H]3O[C@H](CO)[C@@H](O)[C@H](O[C@@H]4O[C@H](CO)[C@@H](O)[C@H](O)[C@H]4NC(C)=O)[C@H]3NC(C)=O)[C@H]2O[C@H]2O[C@H](CO)[C@@H](O)[C@H](O)[C@H]2O)cc1. The minimum absolute atomic E-state index is 0.187. The molecular weight excluding hydrogens is 784 g/mol. The smallest absolute Gasteiger partial charge is 0.229 e. The first kappa shape index (κ1) is 46.2. The normalized spacial score (nSPS) is 43.3. The molecular formula is C35H54N2O21. The number of amides is 2. The molecule has 0 unspecified atom stereocenters. The van der Waals surface area contributed by atoms with Gasteiger partial charge in [-0.25, -0.2) is 0 Å². The van der Waals surface area contributed by atoms with E-state index in [1.165, 1.54) is 26.2 Å². The second-order valence-corrected chi connectivity index (χ2v) is 14.4. The Bertz CT molecular complexity index is 1480. The standard InChI is InChI=1S/C35H54N2O21/c1-12-22(43)30(31(35(51-12)52-16-7-5-15(50-4)6-8-16)58-34-28(49)27(48)24(45)18(10-39)55-34)57-33-21(37-14(3)42)29(25(46)19(11-40)54-33)56-32-20(36-13(2)41)26(47)23(44)17(9-38)53-32/h5-8,12,17-35,38-40,43-49H,9-11H2,1-4H3,(H,36,41)(H,37,42)/t12-,17+,18+,19+,20+,21+,22-,23+,24+,25+,26+,27-,28+,29+,30+,31+,32-,33-,34+,35-/m0/s1. The van der Waals surface area contributed by atoms with Crippen LogP contribution in [0.25, 0.3) is 0 Å². The predicted molar refractivity (Wildman–Crippen MR) is 187 cm³/mol. The summed E-state index contributed by atoms with van der Waals surface area (Å²) in [5, 5.41) is 111. The zero-order valence-corrected chi connectivity index (χ0v) is 31.9. The third-order valence-electron chi connectivity index (χ3n) is 10.3. The van der Waals surface area contributed by atoms with Gasteiger partial charge in [0, 0.05) is 13.8 Å². The summed E-state index contributed by atoms with van der Waals surface area (Å²) < 4.78 is 53.1. The van der Waals surface area contributed by atoms with E-state index in [0.717, 1.165) is 13.8 Å². The highest BCUT2D eigenvalue weighted by molar-refractivity contribution is 5.73. The van der Waals surface area contributed by atoms with Crippen LogP contribution in [0.5, 0.6) is 11.5 Å². The third kappa shape index (κ3) is 10.2. The van der Waals surface area contributed by atoms with Crippen molar-refractivity contribution in [3.05, 3.63) is 24.3 Å². The average Bonchev–Trinajstić information content (AvgIpc) is 3.19. The Morgan fingerprint density at radius 3 is 1.57 bits per heavy atom. The number of ether oxygens (including phenoxy) is 9. The summed E-state index contributed by atoms with van der Waals surface area (Å²) >= 11 is 0. The van der Waals surface area contributed by atoms with Crippen molar-refractivity contribution in [2.45, 2.75) is 143 Å². The highest BCUT2D eigenvalue weighted by Crippen LogP contribution is 2.36. The van der Waals surface area contributed by atoms with Gasteiger partial charge in [0.15, 0.2) is 25.0 Å². The molecule has 0 aliphatic carbocycles. The van der Waals surface area contributed by atoms with Crippen LogP contribution >= 0.6 is 0 Å². The highest BCUT2D eigenvalue weighted by Gasteiger charge is 2.56. The number of benzene rings is 1. The van der Waals surface area contributed by atoms with E-state index in [1.807, 2.05) is 0 Å². The fourth-order valence-electron chi connectivity index (χ4n) is 7.13. The van der Waals surface area contributed by atoms with Gasteiger partial charge in [0.05, 0.1) is 33.0 Å². The molecule has 4 saturated heterocycles. The van der Waals surface area contributed by atoms with Gasteiger partial charge in [0.2, 0.25) is 18.1 Å². The zero-order chi connectivity index (χ0) is 42.6. The fourth-order valence-corrected chi connectivity index (χ4v) is 7.13. The van der Waals surface area contributed by atoms with Crippen LogP contribution in [0.1, 0.15) is 20.8 Å². The van der Waals surface area contributed by atoms with Crippen LogP contribution in [0.2, 0.25) is 0 Å². The Hall–Kier alpha value is -2.92. The van der Waals surface area contributed by atoms with Gasteiger partial charge < -0.3 is 104 Å². The topological polar surface area (TPSA) is 344 Å². The molecule has 58 heavy (non-hydrogen) atoms. The van der Waals surface area contributed by atoms with Crippen LogP contribution in [-0.4, -0.2) is 213 Å². The molecule has 23 heteroatoms. The maximum absolute atomic E-state index is 12.7. The Balaban J connectivity index is 1.52. The summed E-state index contributed by atoms with van der Waals surface area (Å²) in [6.07, 6.45) is -29.9. The number of nitrogens with one attached hydrogen (secondary N) is 2. The van der Waals surface area contributed by atoms with E-state index in [0.29, 0.717) is 5.75 Å². The van der Waals surface area contributed by atoms with Gasteiger partial charge in [-0.05, 0) is 31.2 Å². The highest BCUT2D eigenvalue weighted by atomic mass is 16.8. The molecule has 12 N–H and O–H groups in total. The van der Waals surface area contributed by atoms with Crippen LogP contribution in [0.15, 0.2) is 24.3 Å². The molecule has 4 aliphatic rings. The van der Waals surface area contributed by atoms with Crippen molar-refractivity contribution in [3.8, 4) is 11.5 Å². The largest absolute Gasteiger partial charge is 0.497 e. The fraction of sp³-hybridized carbons (Fsp3) is 0.771. The lowest BCUT2D eigenvalue weighted by atomic mass is 9.93. The van der Waals surface area contributed by atoms with Crippen molar-refractivity contribution in [2.75, 3.05) is 26.9 Å². The molecule has 5 rings (SSSR count). The molecule has 0 saturated carbocycles. The molecule has 2 amide bonds. The summed E-state index contributed by atoms with van der Waals surface area (Å²) in [4.78, 5) is 24.8. The van der Waals surface area contributed by atoms with Gasteiger partial charge in [-0.1, -0.05) is 0 Å². The summed E-state index contributed by atoms with van der Waals surface area (Å²) in [6.45, 7) is 1.17. The van der Waals surface area contributed by atoms with Crippen LogP contribution in [-0.2, 0) is 42.7 Å². The molecule has 330 valence electrons. The van der Waals surface area contributed by atoms with E-state index in [2.05, 4.69) is 10.6 Å². The number of carbonyl (C=O) groups is 2. The second kappa shape index (κ2) is 20.1. The molecule has 20 atom stereocenters. The van der Waals surface area contributed by atoms with E-state index >= 15 is 0 Å². The number of aliphatic hydroxyl groups is 10. The van der Waals surface area contributed by atoms with E-state index in [9.17, 15) is 60.7 Å². The summed E-state index contributed by atoms with van der Waals surface area (Å²) in [6, 6.07) is 3.10. The monoisotopic (exact) mass is 838 g/mol. The minimum Gasteiger partial charge on any atom is -0.497 e. The van der Waals surface area contributed by atoms with Crippen LogP contribution in [0, 0.1) is 0 Å². The van der Waals surface area contributed by atoms with E-state index in [-0.39, 0.29) is 5.75 Å². The molecule has 0 spiro atoms. The lowest BCUT2D eigenvalue weighted by molar-refractivity contribution is -0.380. The van der Waals surface area contributed by atoms with Gasteiger partial charge in [0.25, 0.3) is 0 Å². The van der Waals surface area contributed by atoms with Crippen LogP contribution in [0.3, 0.4) is 0 Å². The zero-order valence-electron chi connectivity index (χ0n) is 31.9. The lowest BCUT2D eigenvalue weighted by Crippen LogP contribution is -2.71.